The van der Waals surface area contributed by atoms with Gasteiger partial charge in [0.2, 0.25) is 5.91 Å². The molecule has 0 radical (unpaired) electrons. The number of carbonyl (C=O) groups excluding carboxylic acids is 1. The summed E-state index contributed by atoms with van der Waals surface area (Å²) in [6.07, 6.45) is 6.79. The zero-order chi connectivity index (χ0) is 14.3. The zero-order valence-electron chi connectivity index (χ0n) is 12.2. The summed E-state index contributed by atoms with van der Waals surface area (Å²) in [6.45, 7) is 4.72. The van der Waals surface area contributed by atoms with E-state index in [0.29, 0.717) is 18.9 Å². The number of hydrogen-bond acceptors (Lipinski definition) is 2. The molecule has 0 aromatic rings. The Labute approximate surface area is 116 Å². The predicted octanol–water partition coefficient (Wildman–Crippen LogP) is 2.96. The quantitative estimate of drug-likeness (QED) is 0.746. The highest BCUT2D eigenvalue weighted by Gasteiger charge is 2.34. The summed E-state index contributed by atoms with van der Waals surface area (Å²) in [5, 5.41) is 12.0. The molecular formula is C15H27NO3. The summed E-state index contributed by atoms with van der Waals surface area (Å²) in [7, 11) is 0. The van der Waals surface area contributed by atoms with Crippen LogP contribution in [0.5, 0.6) is 0 Å². The molecule has 1 rings (SSSR count). The lowest BCUT2D eigenvalue weighted by Gasteiger charge is -2.36. The Morgan fingerprint density at radius 3 is 2.37 bits per heavy atom. The Bertz CT molecular complexity index is 307. The number of aliphatic carboxylic acids is 1. The van der Waals surface area contributed by atoms with Crippen molar-refractivity contribution in [2.45, 2.75) is 65.2 Å². The second-order valence-electron chi connectivity index (χ2n) is 6.34. The number of amides is 1. The first-order valence-corrected chi connectivity index (χ1v) is 7.42. The molecule has 0 aromatic carbocycles. The summed E-state index contributed by atoms with van der Waals surface area (Å²) in [5.74, 6) is -0.171. The van der Waals surface area contributed by atoms with Crippen LogP contribution in [0.25, 0.3) is 0 Å². The lowest BCUT2D eigenvalue weighted by molar-refractivity contribution is -0.140. The van der Waals surface area contributed by atoms with Crippen LogP contribution in [0.2, 0.25) is 0 Å². The van der Waals surface area contributed by atoms with Gasteiger partial charge in [0, 0.05) is 13.0 Å². The van der Waals surface area contributed by atoms with Gasteiger partial charge in [-0.2, -0.15) is 0 Å². The molecule has 1 saturated carbocycles. The van der Waals surface area contributed by atoms with Crippen molar-refractivity contribution in [3.05, 3.63) is 0 Å². The van der Waals surface area contributed by atoms with Gasteiger partial charge in [0.05, 0.1) is 6.42 Å². The summed E-state index contributed by atoms with van der Waals surface area (Å²) in [4.78, 5) is 22.8. The molecule has 1 aliphatic carbocycles. The van der Waals surface area contributed by atoms with Crippen LogP contribution in [0.4, 0.5) is 0 Å². The van der Waals surface area contributed by atoms with Crippen molar-refractivity contribution in [1.29, 1.82) is 0 Å². The second kappa shape index (κ2) is 7.51. The molecule has 0 unspecified atom stereocenters. The summed E-state index contributed by atoms with van der Waals surface area (Å²) >= 11 is 0. The highest BCUT2D eigenvalue weighted by molar-refractivity contribution is 5.76. The van der Waals surface area contributed by atoms with Crippen LogP contribution in [0.1, 0.15) is 65.2 Å². The van der Waals surface area contributed by atoms with Crippen LogP contribution in [-0.2, 0) is 9.59 Å². The van der Waals surface area contributed by atoms with Crippen molar-refractivity contribution in [3.63, 3.8) is 0 Å². The molecule has 1 aliphatic rings. The molecule has 110 valence electrons. The summed E-state index contributed by atoms with van der Waals surface area (Å²) in [5.41, 5.74) is -0.211. The fraction of sp³-hybridized carbons (Fsp3) is 0.867. The minimum absolute atomic E-state index is 0.0593. The van der Waals surface area contributed by atoms with Crippen molar-refractivity contribution in [2.24, 2.45) is 11.3 Å². The van der Waals surface area contributed by atoms with Gasteiger partial charge >= 0.3 is 5.97 Å². The Balaban J connectivity index is 2.44. The third-order valence-electron chi connectivity index (χ3n) is 4.05. The molecule has 0 aromatic heterocycles. The molecule has 1 fully saturated rings. The Morgan fingerprint density at radius 2 is 1.84 bits per heavy atom. The van der Waals surface area contributed by atoms with Crippen LogP contribution in [0.3, 0.4) is 0 Å². The van der Waals surface area contributed by atoms with Gasteiger partial charge in [-0.25, -0.2) is 0 Å². The average Bonchev–Trinajstić information content (AvgIpc) is 2.34. The highest BCUT2D eigenvalue weighted by atomic mass is 16.4. The van der Waals surface area contributed by atoms with Crippen molar-refractivity contribution in [2.75, 3.05) is 6.54 Å². The van der Waals surface area contributed by atoms with Crippen LogP contribution in [0.15, 0.2) is 0 Å². The Morgan fingerprint density at radius 1 is 1.21 bits per heavy atom. The maximum atomic E-state index is 11.8. The number of carboxylic acids is 1. The Kier molecular flexibility index (Phi) is 6.32. The van der Waals surface area contributed by atoms with E-state index in [1.807, 2.05) is 0 Å². The lowest BCUT2D eigenvalue weighted by Crippen LogP contribution is -2.40. The van der Waals surface area contributed by atoms with Crippen LogP contribution in [0, 0.1) is 11.3 Å². The molecule has 0 bridgehead atoms. The zero-order valence-corrected chi connectivity index (χ0v) is 12.2. The van der Waals surface area contributed by atoms with Crippen molar-refractivity contribution in [3.8, 4) is 0 Å². The van der Waals surface area contributed by atoms with Gasteiger partial charge in [-0.3, -0.25) is 9.59 Å². The van der Waals surface area contributed by atoms with Gasteiger partial charge in [0.15, 0.2) is 0 Å². The number of nitrogens with one attached hydrogen (secondary N) is 1. The minimum atomic E-state index is -0.752. The van der Waals surface area contributed by atoms with Gasteiger partial charge in [-0.05, 0) is 30.6 Å². The van der Waals surface area contributed by atoms with E-state index in [4.69, 9.17) is 5.11 Å². The van der Waals surface area contributed by atoms with E-state index < -0.39 is 5.97 Å². The van der Waals surface area contributed by atoms with Gasteiger partial charge in [-0.1, -0.05) is 33.1 Å². The van der Waals surface area contributed by atoms with E-state index >= 15 is 0 Å². The van der Waals surface area contributed by atoms with E-state index in [1.54, 1.807) is 0 Å². The molecular weight excluding hydrogens is 242 g/mol. The van der Waals surface area contributed by atoms with E-state index in [-0.39, 0.29) is 17.7 Å². The standard InChI is InChI=1S/C15H27NO3/c1-12(2)6-7-13(17)16-11-15(10-14(18)19)8-4-3-5-9-15/h12H,3-11H2,1-2H3,(H,16,17)(H,18,19). The Hall–Kier alpha value is -1.06. The molecule has 2 N–H and O–H groups in total. The maximum absolute atomic E-state index is 11.8. The first-order valence-electron chi connectivity index (χ1n) is 7.42. The molecule has 0 atom stereocenters. The SMILES string of the molecule is CC(C)CCC(=O)NCC1(CC(=O)O)CCCCC1. The highest BCUT2D eigenvalue weighted by Crippen LogP contribution is 2.38. The smallest absolute Gasteiger partial charge is 0.303 e. The monoisotopic (exact) mass is 269 g/mol. The van der Waals surface area contributed by atoms with E-state index in [1.165, 1.54) is 6.42 Å². The van der Waals surface area contributed by atoms with Gasteiger partial charge < -0.3 is 10.4 Å². The minimum Gasteiger partial charge on any atom is -0.481 e. The molecule has 0 saturated heterocycles. The van der Waals surface area contributed by atoms with Crippen LogP contribution < -0.4 is 5.32 Å². The molecule has 1 amide bonds. The fourth-order valence-corrected chi connectivity index (χ4v) is 2.83. The van der Waals surface area contributed by atoms with Crippen LogP contribution >= 0.6 is 0 Å². The van der Waals surface area contributed by atoms with Crippen molar-refractivity contribution in [1.82, 2.24) is 5.32 Å². The van der Waals surface area contributed by atoms with Gasteiger partial charge in [-0.15, -0.1) is 0 Å². The van der Waals surface area contributed by atoms with Crippen molar-refractivity contribution >= 4 is 11.9 Å². The van der Waals surface area contributed by atoms with Crippen molar-refractivity contribution < 1.29 is 14.7 Å². The predicted molar refractivity (Wildman–Crippen MR) is 74.9 cm³/mol. The largest absolute Gasteiger partial charge is 0.481 e. The van der Waals surface area contributed by atoms with Crippen LogP contribution in [-0.4, -0.2) is 23.5 Å². The normalized spacial score (nSPS) is 18.3. The van der Waals surface area contributed by atoms with Gasteiger partial charge in [0.25, 0.3) is 0 Å². The van der Waals surface area contributed by atoms with E-state index in [9.17, 15) is 9.59 Å². The molecule has 19 heavy (non-hydrogen) atoms. The lowest BCUT2D eigenvalue weighted by atomic mass is 9.71. The number of hydrogen-bond donors (Lipinski definition) is 2. The second-order valence-corrected chi connectivity index (χ2v) is 6.34. The molecule has 0 spiro atoms. The summed E-state index contributed by atoms with van der Waals surface area (Å²) < 4.78 is 0. The fourth-order valence-electron chi connectivity index (χ4n) is 2.83. The van der Waals surface area contributed by atoms with Gasteiger partial charge in [0.1, 0.15) is 0 Å². The van der Waals surface area contributed by atoms with E-state index in [0.717, 1.165) is 32.1 Å². The van der Waals surface area contributed by atoms with E-state index in [2.05, 4.69) is 19.2 Å². The maximum Gasteiger partial charge on any atom is 0.303 e. The third-order valence-corrected chi connectivity index (χ3v) is 4.05. The number of carboxylic acid groups (broad SMARTS) is 1. The summed E-state index contributed by atoms with van der Waals surface area (Å²) in [6, 6.07) is 0. The topological polar surface area (TPSA) is 66.4 Å². The molecule has 0 aliphatic heterocycles. The molecule has 0 heterocycles. The number of rotatable bonds is 7. The third kappa shape index (κ3) is 6.08. The number of carbonyl (C=O) groups is 2. The average molecular weight is 269 g/mol. The molecule has 4 heteroatoms. The first kappa shape index (κ1) is 16.0. The molecule has 4 nitrogen and oxygen atoms in total. The first-order chi connectivity index (χ1) is 8.93.